The van der Waals surface area contributed by atoms with Crippen LogP contribution in [0.25, 0.3) is 0 Å². The number of hydrogen-bond donors (Lipinski definition) is 1. The summed E-state index contributed by atoms with van der Waals surface area (Å²) in [5, 5.41) is 3.01. The summed E-state index contributed by atoms with van der Waals surface area (Å²) in [6, 6.07) is -0.332. The standard InChI is InChI=1S/C8H13NO3/c1-5-4-12-6(2)8(9-5)7(11)3-10/h3,5-6,8-9H,4H2,1-2H3. The van der Waals surface area contributed by atoms with E-state index in [1.54, 1.807) is 6.92 Å². The van der Waals surface area contributed by atoms with Crippen molar-refractivity contribution in [2.45, 2.75) is 32.0 Å². The molecule has 1 N–H and O–H groups in total. The fourth-order valence-corrected chi connectivity index (χ4v) is 1.27. The molecule has 0 spiro atoms. The summed E-state index contributed by atoms with van der Waals surface area (Å²) in [5.74, 6) is -0.436. The monoisotopic (exact) mass is 171 g/mol. The van der Waals surface area contributed by atoms with Crippen LogP contribution < -0.4 is 5.32 Å². The number of nitrogens with one attached hydrogen (secondary N) is 1. The number of rotatable bonds is 2. The van der Waals surface area contributed by atoms with Crippen LogP contribution >= 0.6 is 0 Å². The van der Waals surface area contributed by atoms with E-state index >= 15 is 0 Å². The maximum Gasteiger partial charge on any atom is 0.214 e. The maximum absolute atomic E-state index is 11.0. The lowest BCUT2D eigenvalue weighted by Crippen LogP contribution is -2.56. The fourth-order valence-electron chi connectivity index (χ4n) is 1.27. The van der Waals surface area contributed by atoms with Gasteiger partial charge < -0.3 is 10.1 Å². The highest BCUT2D eigenvalue weighted by atomic mass is 16.5. The summed E-state index contributed by atoms with van der Waals surface area (Å²) in [7, 11) is 0. The van der Waals surface area contributed by atoms with Crippen LogP contribution in [0.15, 0.2) is 0 Å². The normalized spacial score (nSPS) is 36.0. The molecule has 0 aromatic carbocycles. The third-order valence-corrected chi connectivity index (χ3v) is 1.97. The van der Waals surface area contributed by atoms with Crippen molar-refractivity contribution >= 4 is 12.1 Å². The molecule has 3 unspecified atom stereocenters. The molecule has 0 radical (unpaired) electrons. The second-order valence-corrected chi connectivity index (χ2v) is 3.10. The van der Waals surface area contributed by atoms with Crippen LogP contribution in [0, 0.1) is 0 Å². The minimum atomic E-state index is -0.466. The zero-order valence-corrected chi connectivity index (χ0v) is 7.24. The van der Waals surface area contributed by atoms with E-state index in [4.69, 9.17) is 4.74 Å². The average molecular weight is 171 g/mol. The molecule has 0 aromatic rings. The van der Waals surface area contributed by atoms with Crippen molar-refractivity contribution in [3.05, 3.63) is 0 Å². The zero-order valence-electron chi connectivity index (χ0n) is 7.24. The van der Waals surface area contributed by atoms with Gasteiger partial charge in [0, 0.05) is 6.04 Å². The van der Waals surface area contributed by atoms with Crippen molar-refractivity contribution in [2.75, 3.05) is 6.61 Å². The van der Waals surface area contributed by atoms with E-state index in [-0.39, 0.29) is 12.1 Å². The number of aldehydes is 1. The molecule has 12 heavy (non-hydrogen) atoms. The Morgan fingerprint density at radius 3 is 2.83 bits per heavy atom. The predicted octanol–water partition coefficient (Wildman–Crippen LogP) is -0.480. The highest BCUT2D eigenvalue weighted by Crippen LogP contribution is 2.07. The lowest BCUT2D eigenvalue weighted by Gasteiger charge is -2.32. The first kappa shape index (κ1) is 9.35. The molecule has 0 bridgehead atoms. The van der Waals surface area contributed by atoms with E-state index in [0.29, 0.717) is 12.9 Å². The lowest BCUT2D eigenvalue weighted by atomic mass is 10.1. The van der Waals surface area contributed by atoms with Gasteiger partial charge in [-0.3, -0.25) is 9.59 Å². The predicted molar refractivity (Wildman–Crippen MR) is 42.9 cm³/mol. The number of Topliss-reactive ketones (excluding diaryl/α,β-unsaturated/α-hetero) is 1. The van der Waals surface area contributed by atoms with E-state index in [1.165, 1.54) is 0 Å². The van der Waals surface area contributed by atoms with Crippen molar-refractivity contribution in [3.63, 3.8) is 0 Å². The number of hydrogen-bond acceptors (Lipinski definition) is 4. The van der Waals surface area contributed by atoms with Gasteiger partial charge in [-0.1, -0.05) is 0 Å². The first-order valence-corrected chi connectivity index (χ1v) is 4.02. The minimum Gasteiger partial charge on any atom is -0.375 e. The summed E-state index contributed by atoms with van der Waals surface area (Å²) in [5.41, 5.74) is 0. The molecule has 1 heterocycles. The molecule has 1 fully saturated rings. The SMILES string of the molecule is CC1COC(C)C(C(=O)C=O)N1. The number of ether oxygens (including phenoxy) is 1. The van der Waals surface area contributed by atoms with Crippen LogP contribution in [0.2, 0.25) is 0 Å². The molecule has 1 aliphatic rings. The van der Waals surface area contributed by atoms with Gasteiger partial charge in [0.2, 0.25) is 5.78 Å². The maximum atomic E-state index is 11.0. The van der Waals surface area contributed by atoms with Crippen molar-refractivity contribution in [1.82, 2.24) is 5.32 Å². The van der Waals surface area contributed by atoms with Gasteiger partial charge in [-0.15, -0.1) is 0 Å². The smallest absolute Gasteiger partial charge is 0.214 e. The Balaban J connectivity index is 2.60. The van der Waals surface area contributed by atoms with Crippen LogP contribution in [-0.2, 0) is 14.3 Å². The topological polar surface area (TPSA) is 55.4 Å². The number of morpholine rings is 1. The van der Waals surface area contributed by atoms with Crippen molar-refractivity contribution < 1.29 is 14.3 Å². The van der Waals surface area contributed by atoms with E-state index < -0.39 is 11.8 Å². The lowest BCUT2D eigenvalue weighted by molar-refractivity contribution is -0.136. The second-order valence-electron chi connectivity index (χ2n) is 3.10. The van der Waals surface area contributed by atoms with Gasteiger partial charge in [-0.25, -0.2) is 0 Å². The fraction of sp³-hybridized carbons (Fsp3) is 0.750. The largest absolute Gasteiger partial charge is 0.375 e. The summed E-state index contributed by atoms with van der Waals surface area (Å²) in [4.78, 5) is 21.2. The minimum absolute atomic E-state index is 0.134. The molecule has 1 saturated heterocycles. The van der Waals surface area contributed by atoms with Crippen LogP contribution in [0.3, 0.4) is 0 Å². The molecule has 0 amide bonds. The number of carbonyl (C=O) groups is 2. The number of ketones is 1. The Labute approximate surface area is 71.3 Å². The van der Waals surface area contributed by atoms with Gasteiger partial charge in [0.1, 0.15) is 6.04 Å². The highest BCUT2D eigenvalue weighted by molar-refractivity contribution is 6.27. The van der Waals surface area contributed by atoms with Crippen LogP contribution in [0.4, 0.5) is 0 Å². The quantitative estimate of drug-likeness (QED) is 0.450. The molecule has 3 atom stereocenters. The summed E-state index contributed by atoms with van der Waals surface area (Å²) in [6.45, 7) is 4.28. The molecule has 68 valence electrons. The second kappa shape index (κ2) is 3.78. The molecular weight excluding hydrogens is 158 g/mol. The van der Waals surface area contributed by atoms with Crippen molar-refractivity contribution in [2.24, 2.45) is 0 Å². The molecular formula is C8H13NO3. The Kier molecular flexibility index (Phi) is 2.94. The van der Waals surface area contributed by atoms with Gasteiger partial charge >= 0.3 is 0 Å². The van der Waals surface area contributed by atoms with E-state index in [9.17, 15) is 9.59 Å². The van der Waals surface area contributed by atoms with Gasteiger partial charge in [-0.2, -0.15) is 0 Å². The van der Waals surface area contributed by atoms with Gasteiger partial charge in [-0.05, 0) is 13.8 Å². The van der Waals surface area contributed by atoms with Crippen LogP contribution in [-0.4, -0.2) is 36.9 Å². The zero-order chi connectivity index (χ0) is 9.14. The molecule has 4 heteroatoms. The third kappa shape index (κ3) is 1.89. The highest BCUT2D eigenvalue weighted by Gasteiger charge is 2.30. The molecule has 0 aromatic heterocycles. The van der Waals surface area contributed by atoms with Gasteiger partial charge in [0.15, 0.2) is 6.29 Å². The van der Waals surface area contributed by atoms with Gasteiger partial charge in [0.05, 0.1) is 12.7 Å². The van der Waals surface area contributed by atoms with E-state index in [2.05, 4.69) is 5.32 Å². The third-order valence-electron chi connectivity index (χ3n) is 1.97. The first-order chi connectivity index (χ1) is 5.65. The molecule has 1 rings (SSSR count). The first-order valence-electron chi connectivity index (χ1n) is 4.02. The molecule has 0 aliphatic carbocycles. The average Bonchev–Trinajstić information content (AvgIpc) is 2.08. The Morgan fingerprint density at radius 1 is 1.58 bits per heavy atom. The summed E-state index contributed by atoms with van der Waals surface area (Å²) in [6.07, 6.45) is 0.133. The summed E-state index contributed by atoms with van der Waals surface area (Å²) < 4.78 is 5.28. The number of carbonyl (C=O) groups excluding carboxylic acids is 2. The van der Waals surface area contributed by atoms with Crippen molar-refractivity contribution in [3.8, 4) is 0 Å². The molecule has 1 aliphatic heterocycles. The van der Waals surface area contributed by atoms with Crippen molar-refractivity contribution in [1.29, 1.82) is 0 Å². The Morgan fingerprint density at radius 2 is 2.25 bits per heavy atom. The molecule has 0 saturated carbocycles. The molecule has 4 nitrogen and oxygen atoms in total. The van der Waals surface area contributed by atoms with Gasteiger partial charge in [0.25, 0.3) is 0 Å². The van der Waals surface area contributed by atoms with Crippen LogP contribution in [0.5, 0.6) is 0 Å². The Bertz CT molecular complexity index is 193. The Hall–Kier alpha value is -0.740. The summed E-state index contributed by atoms with van der Waals surface area (Å²) >= 11 is 0. The van der Waals surface area contributed by atoms with Crippen LogP contribution in [0.1, 0.15) is 13.8 Å². The van der Waals surface area contributed by atoms with E-state index in [0.717, 1.165) is 0 Å². The van der Waals surface area contributed by atoms with E-state index in [1.807, 2.05) is 6.92 Å².